The van der Waals surface area contributed by atoms with Gasteiger partial charge in [0, 0.05) is 5.75 Å². The molecule has 0 fully saturated rings. The molecule has 0 spiro atoms. The highest BCUT2D eigenvalue weighted by atomic mass is 35.5. The minimum atomic E-state index is -0.494. The predicted molar refractivity (Wildman–Crippen MR) is 45.8 cm³/mol. The zero-order valence-corrected chi connectivity index (χ0v) is 7.59. The summed E-state index contributed by atoms with van der Waals surface area (Å²) in [4.78, 5) is 11.4. The Balaban J connectivity index is 2.40. The molecular formula is C6H5ClN4S. The number of hydrogen-bond acceptors (Lipinski definition) is 5. The van der Waals surface area contributed by atoms with E-state index in [1.165, 1.54) is 24.4 Å². The zero-order valence-electron chi connectivity index (χ0n) is 6.01. The molecule has 62 valence electrons. The molecule has 0 N–H and O–H groups in total. The molecule has 1 atom stereocenters. The Labute approximate surface area is 79.0 Å². The highest BCUT2D eigenvalue weighted by Crippen LogP contribution is 2.13. The molecule has 1 heterocycles. The van der Waals surface area contributed by atoms with Gasteiger partial charge in [-0.25, -0.2) is 15.0 Å². The molecule has 4 nitrogen and oxygen atoms in total. The van der Waals surface area contributed by atoms with Crippen molar-refractivity contribution in [1.29, 1.82) is 5.26 Å². The highest BCUT2D eigenvalue weighted by Gasteiger charge is 2.03. The van der Waals surface area contributed by atoms with Crippen molar-refractivity contribution >= 4 is 23.4 Å². The molecule has 0 bridgehead atoms. The lowest BCUT2D eigenvalue weighted by atomic mass is 10.5. The topological polar surface area (TPSA) is 62.5 Å². The van der Waals surface area contributed by atoms with Gasteiger partial charge in [-0.2, -0.15) is 5.26 Å². The second kappa shape index (κ2) is 4.91. The van der Waals surface area contributed by atoms with Crippen LogP contribution in [-0.4, -0.2) is 26.1 Å². The fourth-order valence-corrected chi connectivity index (χ4v) is 1.29. The van der Waals surface area contributed by atoms with Crippen LogP contribution in [0.1, 0.15) is 0 Å². The molecule has 1 rings (SSSR count). The van der Waals surface area contributed by atoms with E-state index in [0.717, 1.165) is 0 Å². The van der Waals surface area contributed by atoms with E-state index in [-0.39, 0.29) is 0 Å². The Kier molecular flexibility index (Phi) is 3.77. The molecule has 12 heavy (non-hydrogen) atoms. The Morgan fingerprint density at radius 2 is 2.25 bits per heavy atom. The summed E-state index contributed by atoms with van der Waals surface area (Å²) in [6, 6.07) is 1.91. The number of rotatable bonds is 3. The quantitative estimate of drug-likeness (QED) is 0.540. The molecule has 6 heteroatoms. The van der Waals surface area contributed by atoms with Gasteiger partial charge in [0.2, 0.25) is 0 Å². The van der Waals surface area contributed by atoms with Crippen molar-refractivity contribution in [3.8, 4) is 6.07 Å². The summed E-state index contributed by atoms with van der Waals surface area (Å²) in [6.45, 7) is 0. The first-order chi connectivity index (χ1) is 5.83. The number of alkyl halides is 1. The lowest BCUT2D eigenvalue weighted by molar-refractivity contribution is 0.901. The zero-order chi connectivity index (χ0) is 8.81. The smallest absolute Gasteiger partial charge is 0.190 e. The van der Waals surface area contributed by atoms with Gasteiger partial charge in [-0.1, -0.05) is 11.8 Å². The molecule has 1 unspecified atom stereocenters. The van der Waals surface area contributed by atoms with Gasteiger partial charge in [-0.3, -0.25) is 0 Å². The van der Waals surface area contributed by atoms with Gasteiger partial charge in [0.1, 0.15) is 18.0 Å². The lowest BCUT2D eigenvalue weighted by Gasteiger charge is -1.97. The first kappa shape index (κ1) is 9.23. The Bertz CT molecular complexity index is 273. The van der Waals surface area contributed by atoms with Gasteiger partial charge in [-0.15, -0.1) is 11.6 Å². The van der Waals surface area contributed by atoms with Crippen molar-refractivity contribution in [3.05, 3.63) is 12.7 Å². The van der Waals surface area contributed by atoms with Crippen molar-refractivity contribution in [1.82, 2.24) is 15.0 Å². The maximum atomic E-state index is 8.36. The van der Waals surface area contributed by atoms with Crippen molar-refractivity contribution in [3.63, 3.8) is 0 Å². The Hall–Kier alpha value is -0.860. The van der Waals surface area contributed by atoms with E-state index in [4.69, 9.17) is 16.9 Å². The first-order valence-corrected chi connectivity index (χ1v) is 4.53. The number of aromatic nitrogens is 3. The molecule has 0 amide bonds. The van der Waals surface area contributed by atoms with Gasteiger partial charge in [0.15, 0.2) is 5.16 Å². The maximum absolute atomic E-state index is 8.36. The van der Waals surface area contributed by atoms with Crippen LogP contribution in [0.5, 0.6) is 0 Å². The van der Waals surface area contributed by atoms with E-state index in [0.29, 0.717) is 10.9 Å². The maximum Gasteiger partial charge on any atom is 0.190 e. The van der Waals surface area contributed by atoms with Crippen LogP contribution in [0.15, 0.2) is 17.8 Å². The molecule has 0 saturated carbocycles. The van der Waals surface area contributed by atoms with Crippen molar-refractivity contribution in [2.24, 2.45) is 0 Å². The summed E-state index contributed by atoms with van der Waals surface area (Å²) in [7, 11) is 0. The molecule has 0 aromatic carbocycles. The van der Waals surface area contributed by atoms with E-state index < -0.39 is 5.38 Å². The summed E-state index contributed by atoms with van der Waals surface area (Å²) in [6.07, 6.45) is 2.82. The van der Waals surface area contributed by atoms with Gasteiger partial charge in [0.25, 0.3) is 0 Å². The molecule has 0 aliphatic carbocycles. The lowest BCUT2D eigenvalue weighted by Crippen LogP contribution is -1.98. The number of thioether (sulfide) groups is 1. The average molecular weight is 201 g/mol. The van der Waals surface area contributed by atoms with Crippen LogP contribution in [0.25, 0.3) is 0 Å². The van der Waals surface area contributed by atoms with Gasteiger partial charge < -0.3 is 0 Å². The van der Waals surface area contributed by atoms with E-state index in [1.54, 1.807) is 0 Å². The fraction of sp³-hybridized carbons (Fsp3) is 0.333. The van der Waals surface area contributed by atoms with Crippen molar-refractivity contribution < 1.29 is 0 Å². The van der Waals surface area contributed by atoms with E-state index in [9.17, 15) is 0 Å². The van der Waals surface area contributed by atoms with Crippen LogP contribution >= 0.6 is 23.4 Å². The summed E-state index contributed by atoms with van der Waals surface area (Å²) in [5.74, 6) is 0.488. The van der Waals surface area contributed by atoms with Crippen LogP contribution < -0.4 is 0 Å². The van der Waals surface area contributed by atoms with Crippen LogP contribution in [-0.2, 0) is 0 Å². The largest absolute Gasteiger partial charge is 0.225 e. The average Bonchev–Trinajstić information content (AvgIpc) is 2.16. The number of halogens is 1. The predicted octanol–water partition coefficient (Wildman–Crippen LogP) is 1.09. The SMILES string of the molecule is N#CC(Cl)CSc1ncncn1. The third kappa shape index (κ3) is 3.03. The number of nitrogens with zero attached hydrogens (tertiary/aromatic N) is 4. The fourth-order valence-electron chi connectivity index (χ4n) is 0.488. The minimum Gasteiger partial charge on any atom is -0.225 e. The van der Waals surface area contributed by atoms with Gasteiger partial charge in [-0.05, 0) is 0 Å². The summed E-state index contributed by atoms with van der Waals surface area (Å²) >= 11 is 6.90. The van der Waals surface area contributed by atoms with Crippen LogP contribution in [0.4, 0.5) is 0 Å². The standard InChI is InChI=1S/C6H5ClN4S/c7-5(1-8)2-12-6-10-3-9-4-11-6/h3-5H,2H2. The molecule has 0 aliphatic heterocycles. The molecule has 0 saturated heterocycles. The first-order valence-electron chi connectivity index (χ1n) is 3.11. The molecule has 1 aromatic rings. The Morgan fingerprint density at radius 1 is 1.58 bits per heavy atom. The monoisotopic (exact) mass is 200 g/mol. The van der Waals surface area contributed by atoms with Crippen LogP contribution in [0.2, 0.25) is 0 Å². The van der Waals surface area contributed by atoms with Crippen LogP contribution in [0, 0.1) is 11.3 Å². The number of hydrogen-bond donors (Lipinski definition) is 0. The highest BCUT2D eigenvalue weighted by molar-refractivity contribution is 7.99. The summed E-state index contributed by atoms with van der Waals surface area (Å²) in [5, 5.41) is 8.46. The molecule has 1 aromatic heterocycles. The third-order valence-corrected chi connectivity index (χ3v) is 2.37. The molecular weight excluding hydrogens is 196 g/mol. The normalized spacial score (nSPS) is 12.0. The van der Waals surface area contributed by atoms with E-state index in [2.05, 4.69) is 15.0 Å². The van der Waals surface area contributed by atoms with E-state index in [1.807, 2.05) is 6.07 Å². The summed E-state index contributed by atoms with van der Waals surface area (Å²) in [5.41, 5.74) is 0. The third-order valence-electron chi connectivity index (χ3n) is 0.969. The minimum absolute atomic E-state index is 0.488. The summed E-state index contributed by atoms with van der Waals surface area (Å²) < 4.78 is 0. The van der Waals surface area contributed by atoms with Crippen LogP contribution in [0.3, 0.4) is 0 Å². The second-order valence-corrected chi connectivity index (χ2v) is 3.34. The van der Waals surface area contributed by atoms with Gasteiger partial charge in [0.05, 0.1) is 6.07 Å². The number of nitriles is 1. The van der Waals surface area contributed by atoms with E-state index >= 15 is 0 Å². The molecule has 0 radical (unpaired) electrons. The van der Waals surface area contributed by atoms with Gasteiger partial charge >= 0.3 is 0 Å². The molecule has 0 aliphatic rings. The Morgan fingerprint density at radius 3 is 2.83 bits per heavy atom. The second-order valence-electron chi connectivity index (χ2n) is 1.83. The van der Waals surface area contributed by atoms with Crippen molar-refractivity contribution in [2.75, 3.05) is 5.75 Å². The van der Waals surface area contributed by atoms with Crippen molar-refractivity contribution in [2.45, 2.75) is 10.5 Å².